The van der Waals surface area contributed by atoms with Crippen molar-refractivity contribution in [1.82, 2.24) is 0 Å². The number of benzene rings is 1. The van der Waals surface area contributed by atoms with Crippen molar-refractivity contribution in [3.63, 3.8) is 0 Å². The Kier molecular flexibility index (Phi) is 4.93. The molecule has 2 rings (SSSR count). The first-order chi connectivity index (χ1) is 9.77. The molecule has 0 amide bonds. The fourth-order valence-corrected chi connectivity index (χ4v) is 3.00. The van der Waals surface area contributed by atoms with Gasteiger partial charge in [0.15, 0.2) is 0 Å². The van der Waals surface area contributed by atoms with Crippen molar-refractivity contribution < 1.29 is 22.7 Å². The molecule has 21 heavy (non-hydrogen) atoms. The third-order valence-electron chi connectivity index (χ3n) is 2.80. The van der Waals surface area contributed by atoms with E-state index in [1.54, 1.807) is 6.08 Å². The monoisotopic (exact) mass is 424 g/mol. The van der Waals surface area contributed by atoms with Crippen LogP contribution in [-0.2, 0) is 10.9 Å². The average molecular weight is 426 g/mol. The molecule has 0 unspecified atom stereocenters. The Morgan fingerprint density at radius 2 is 1.71 bits per heavy atom. The summed E-state index contributed by atoms with van der Waals surface area (Å²) in [6.45, 7) is 0. The summed E-state index contributed by atoms with van der Waals surface area (Å²) in [6, 6.07) is 3.93. The number of allylic oxidation sites excluding steroid dienone is 4. The summed E-state index contributed by atoms with van der Waals surface area (Å²) >= 11 is 6.62. The third kappa shape index (κ3) is 4.20. The maximum atomic E-state index is 12.4. The molecule has 1 aromatic carbocycles. The molecule has 0 aliphatic heterocycles. The second-order valence-electron chi connectivity index (χ2n) is 4.33. The maximum absolute atomic E-state index is 12.4. The molecule has 2 nitrogen and oxygen atoms in total. The van der Waals surface area contributed by atoms with Crippen LogP contribution in [0, 0.1) is 0 Å². The molecule has 1 aliphatic rings. The highest BCUT2D eigenvalue weighted by molar-refractivity contribution is 9.12. The zero-order valence-electron chi connectivity index (χ0n) is 10.5. The van der Waals surface area contributed by atoms with Crippen LogP contribution in [0.15, 0.2) is 45.1 Å². The van der Waals surface area contributed by atoms with Crippen LogP contribution in [-0.4, -0.2) is 5.97 Å². The summed E-state index contributed by atoms with van der Waals surface area (Å²) in [4.78, 5) is 11.9. The third-order valence-corrected chi connectivity index (χ3v) is 4.10. The van der Waals surface area contributed by atoms with Gasteiger partial charge in [0, 0.05) is 6.42 Å². The fourth-order valence-electron chi connectivity index (χ4n) is 1.71. The Bertz CT molecular complexity index is 616. The predicted octanol–water partition coefficient (Wildman–Crippen LogP) is 5.54. The number of ether oxygens (including phenoxy) is 1. The molecule has 0 N–H and O–H groups in total. The van der Waals surface area contributed by atoms with E-state index in [1.165, 1.54) is 0 Å². The first-order valence-corrected chi connectivity index (χ1v) is 7.50. The summed E-state index contributed by atoms with van der Waals surface area (Å²) in [5.74, 6) is -0.217. The lowest BCUT2D eigenvalue weighted by atomic mass is 10.1. The van der Waals surface area contributed by atoms with Gasteiger partial charge in [-0.1, -0.05) is 15.9 Å². The smallest absolute Gasteiger partial charge is 0.416 e. The molecule has 0 heterocycles. The van der Waals surface area contributed by atoms with E-state index in [1.807, 2.05) is 0 Å². The largest absolute Gasteiger partial charge is 0.426 e. The van der Waals surface area contributed by atoms with Gasteiger partial charge in [-0.15, -0.1) is 0 Å². The van der Waals surface area contributed by atoms with Crippen molar-refractivity contribution in [3.8, 4) is 0 Å². The number of halogens is 5. The molecule has 0 saturated heterocycles. The van der Waals surface area contributed by atoms with Crippen molar-refractivity contribution >= 4 is 37.8 Å². The summed E-state index contributed by atoms with van der Waals surface area (Å²) in [5.41, 5.74) is -0.728. The van der Waals surface area contributed by atoms with E-state index >= 15 is 0 Å². The SMILES string of the molecule is O=C(OC1=C(Br)C=C(Br)CC1)c1ccc(C(F)(F)F)cc1. The Hall–Kier alpha value is -1.08. The van der Waals surface area contributed by atoms with E-state index in [-0.39, 0.29) is 5.56 Å². The van der Waals surface area contributed by atoms with Crippen molar-refractivity contribution in [2.45, 2.75) is 19.0 Å². The number of hydrogen-bond acceptors (Lipinski definition) is 2. The van der Waals surface area contributed by atoms with Crippen molar-refractivity contribution in [1.29, 1.82) is 0 Å². The highest BCUT2D eigenvalue weighted by Crippen LogP contribution is 2.32. The van der Waals surface area contributed by atoms with Crippen molar-refractivity contribution in [3.05, 3.63) is 56.2 Å². The lowest BCUT2D eigenvalue weighted by Gasteiger charge is -2.14. The topological polar surface area (TPSA) is 26.3 Å². The predicted molar refractivity (Wildman–Crippen MR) is 79.1 cm³/mol. The minimum atomic E-state index is -4.42. The molecule has 0 aromatic heterocycles. The molecule has 0 bridgehead atoms. The van der Waals surface area contributed by atoms with Crippen molar-refractivity contribution in [2.24, 2.45) is 0 Å². The van der Waals surface area contributed by atoms with Gasteiger partial charge in [-0.3, -0.25) is 0 Å². The standard InChI is InChI=1S/C14H9Br2F3O2/c15-10-5-6-12(11(16)7-10)21-13(20)8-1-3-9(4-2-8)14(17,18)19/h1-4,7H,5-6H2. The lowest BCUT2D eigenvalue weighted by molar-refractivity contribution is -0.137. The quantitative estimate of drug-likeness (QED) is 0.581. The zero-order valence-corrected chi connectivity index (χ0v) is 13.7. The fraction of sp³-hybridized carbons (Fsp3) is 0.214. The minimum Gasteiger partial charge on any atom is -0.426 e. The highest BCUT2D eigenvalue weighted by Gasteiger charge is 2.30. The number of esters is 1. The van der Waals surface area contributed by atoms with E-state index < -0.39 is 17.7 Å². The molecule has 0 saturated carbocycles. The molecule has 0 radical (unpaired) electrons. The summed E-state index contributed by atoms with van der Waals surface area (Å²) in [5, 5.41) is 0. The summed E-state index contributed by atoms with van der Waals surface area (Å²) < 4.78 is 44.1. The molecule has 0 atom stereocenters. The molecule has 7 heteroatoms. The van der Waals surface area contributed by atoms with Gasteiger partial charge in [-0.2, -0.15) is 13.2 Å². The Morgan fingerprint density at radius 3 is 2.24 bits per heavy atom. The van der Waals surface area contributed by atoms with Crippen LogP contribution in [0.4, 0.5) is 13.2 Å². The van der Waals surface area contributed by atoms with Gasteiger partial charge in [-0.25, -0.2) is 4.79 Å². The van der Waals surface area contributed by atoms with E-state index in [9.17, 15) is 18.0 Å². The van der Waals surface area contributed by atoms with Gasteiger partial charge in [0.1, 0.15) is 5.76 Å². The molecule has 112 valence electrons. The van der Waals surface area contributed by atoms with Crippen LogP contribution in [0.25, 0.3) is 0 Å². The first kappa shape index (κ1) is 16.3. The molecular formula is C14H9Br2F3O2. The first-order valence-electron chi connectivity index (χ1n) is 5.91. The number of rotatable bonds is 2. The molecule has 1 aromatic rings. The number of alkyl halides is 3. The molecular weight excluding hydrogens is 417 g/mol. The molecule has 1 aliphatic carbocycles. The van der Waals surface area contributed by atoms with Gasteiger partial charge >= 0.3 is 12.1 Å². The Morgan fingerprint density at radius 1 is 1.10 bits per heavy atom. The lowest BCUT2D eigenvalue weighted by Crippen LogP contribution is -2.09. The molecule has 0 spiro atoms. The number of hydrogen-bond donors (Lipinski definition) is 0. The normalized spacial score (nSPS) is 15.8. The molecule has 0 fully saturated rings. The van der Waals surface area contributed by atoms with Gasteiger partial charge in [0.2, 0.25) is 0 Å². The van der Waals surface area contributed by atoms with E-state index in [4.69, 9.17) is 4.74 Å². The van der Waals surface area contributed by atoms with Crippen LogP contribution in [0.5, 0.6) is 0 Å². The average Bonchev–Trinajstić information content (AvgIpc) is 2.41. The maximum Gasteiger partial charge on any atom is 0.416 e. The van der Waals surface area contributed by atoms with Gasteiger partial charge in [0.25, 0.3) is 0 Å². The van der Waals surface area contributed by atoms with Gasteiger partial charge in [0.05, 0.1) is 15.6 Å². The Balaban J connectivity index is 2.13. The Labute approximate surface area is 135 Å². The van der Waals surface area contributed by atoms with E-state index in [0.717, 1.165) is 28.7 Å². The summed E-state index contributed by atoms with van der Waals surface area (Å²) in [7, 11) is 0. The second-order valence-corrected chi connectivity index (χ2v) is 6.20. The van der Waals surface area contributed by atoms with Crippen LogP contribution in [0.3, 0.4) is 0 Å². The zero-order chi connectivity index (χ0) is 15.6. The second kappa shape index (κ2) is 6.36. The van der Waals surface area contributed by atoms with Crippen LogP contribution >= 0.6 is 31.9 Å². The van der Waals surface area contributed by atoms with Gasteiger partial charge < -0.3 is 4.74 Å². The summed E-state index contributed by atoms with van der Waals surface area (Å²) in [6.07, 6.45) is -1.41. The van der Waals surface area contributed by atoms with Crippen LogP contribution in [0.1, 0.15) is 28.8 Å². The highest BCUT2D eigenvalue weighted by atomic mass is 79.9. The van der Waals surface area contributed by atoms with Crippen LogP contribution in [0.2, 0.25) is 0 Å². The minimum absolute atomic E-state index is 0.0735. The number of carbonyl (C=O) groups is 1. The van der Waals surface area contributed by atoms with Crippen molar-refractivity contribution in [2.75, 3.05) is 0 Å². The van der Waals surface area contributed by atoms with Gasteiger partial charge in [-0.05, 0) is 57.2 Å². The number of carbonyl (C=O) groups excluding carboxylic acids is 1. The van der Waals surface area contributed by atoms with Crippen LogP contribution < -0.4 is 0 Å². The van der Waals surface area contributed by atoms with E-state index in [0.29, 0.717) is 23.1 Å². The van der Waals surface area contributed by atoms with E-state index in [2.05, 4.69) is 31.9 Å².